The van der Waals surface area contributed by atoms with Gasteiger partial charge in [0.15, 0.2) is 0 Å². The Kier molecular flexibility index (Phi) is 3.92. The molecule has 1 amide bonds. The van der Waals surface area contributed by atoms with Crippen LogP contribution in [-0.4, -0.2) is 5.91 Å². The second-order valence-electron chi connectivity index (χ2n) is 4.33. The number of nitrogens with one attached hydrogen (secondary N) is 1. The number of nitriles is 1. The lowest BCUT2D eigenvalue weighted by molar-refractivity contribution is 0.102. The quantitative estimate of drug-likeness (QED) is 0.831. The van der Waals surface area contributed by atoms with Gasteiger partial charge in [-0.2, -0.15) is 5.26 Å². The van der Waals surface area contributed by atoms with Crippen molar-refractivity contribution in [2.45, 2.75) is 6.92 Å². The third-order valence-corrected chi connectivity index (χ3v) is 3.09. The first-order chi connectivity index (χ1) is 9.51. The molecule has 0 aliphatic carbocycles. The van der Waals surface area contributed by atoms with Crippen molar-refractivity contribution in [1.29, 1.82) is 5.26 Å². The van der Waals surface area contributed by atoms with Gasteiger partial charge in [0, 0.05) is 16.3 Å². The lowest BCUT2D eigenvalue weighted by atomic mass is 10.1. The number of amides is 1. The van der Waals surface area contributed by atoms with E-state index in [1.54, 1.807) is 30.3 Å². The Morgan fingerprint density at radius 1 is 1.30 bits per heavy atom. The topological polar surface area (TPSA) is 78.9 Å². The summed E-state index contributed by atoms with van der Waals surface area (Å²) in [5, 5.41) is 12.2. The Bertz CT molecular complexity index is 720. The monoisotopic (exact) mass is 285 g/mol. The normalized spacial score (nSPS) is 9.85. The Morgan fingerprint density at radius 3 is 2.75 bits per heavy atom. The molecule has 0 heterocycles. The Balaban J connectivity index is 2.33. The third kappa shape index (κ3) is 2.90. The van der Waals surface area contributed by atoms with E-state index in [0.29, 0.717) is 27.5 Å². The van der Waals surface area contributed by atoms with Crippen molar-refractivity contribution < 1.29 is 4.79 Å². The number of halogens is 1. The summed E-state index contributed by atoms with van der Waals surface area (Å²) in [6.07, 6.45) is 0. The summed E-state index contributed by atoms with van der Waals surface area (Å²) in [7, 11) is 0. The average Bonchev–Trinajstić information content (AvgIpc) is 2.43. The average molecular weight is 286 g/mol. The van der Waals surface area contributed by atoms with Gasteiger partial charge < -0.3 is 11.1 Å². The van der Waals surface area contributed by atoms with Crippen molar-refractivity contribution >= 4 is 28.9 Å². The highest BCUT2D eigenvalue weighted by atomic mass is 35.5. The van der Waals surface area contributed by atoms with Crippen LogP contribution < -0.4 is 11.1 Å². The number of nitrogen functional groups attached to an aromatic ring is 1. The molecule has 2 aromatic rings. The van der Waals surface area contributed by atoms with Crippen LogP contribution in [0.4, 0.5) is 11.4 Å². The van der Waals surface area contributed by atoms with E-state index < -0.39 is 0 Å². The lowest BCUT2D eigenvalue weighted by Crippen LogP contribution is -2.14. The fourth-order valence-electron chi connectivity index (χ4n) is 1.79. The molecule has 0 saturated carbocycles. The van der Waals surface area contributed by atoms with E-state index >= 15 is 0 Å². The molecule has 0 aromatic heterocycles. The minimum atomic E-state index is -0.314. The van der Waals surface area contributed by atoms with Crippen molar-refractivity contribution in [2.75, 3.05) is 11.1 Å². The highest BCUT2D eigenvalue weighted by Crippen LogP contribution is 2.21. The van der Waals surface area contributed by atoms with Crippen LogP contribution in [0.25, 0.3) is 0 Å². The molecule has 2 rings (SSSR count). The highest BCUT2D eigenvalue weighted by molar-refractivity contribution is 6.31. The minimum absolute atomic E-state index is 0.314. The molecule has 20 heavy (non-hydrogen) atoms. The van der Waals surface area contributed by atoms with Crippen LogP contribution in [0.2, 0.25) is 5.02 Å². The molecule has 100 valence electrons. The van der Waals surface area contributed by atoms with E-state index in [1.165, 1.54) is 6.07 Å². The van der Waals surface area contributed by atoms with Crippen LogP contribution in [0.5, 0.6) is 0 Å². The van der Waals surface area contributed by atoms with E-state index in [9.17, 15) is 4.79 Å². The van der Waals surface area contributed by atoms with E-state index in [2.05, 4.69) is 5.32 Å². The number of carbonyl (C=O) groups is 1. The van der Waals surface area contributed by atoms with Crippen LogP contribution in [0.15, 0.2) is 36.4 Å². The first kappa shape index (κ1) is 13.9. The highest BCUT2D eigenvalue weighted by Gasteiger charge is 2.12. The zero-order valence-corrected chi connectivity index (χ0v) is 11.5. The molecule has 4 nitrogen and oxygen atoms in total. The van der Waals surface area contributed by atoms with E-state index in [4.69, 9.17) is 22.6 Å². The number of hydrogen-bond donors (Lipinski definition) is 2. The largest absolute Gasteiger partial charge is 0.399 e. The molecular formula is C15H12ClN3O. The lowest BCUT2D eigenvalue weighted by Gasteiger charge is -2.10. The molecule has 0 bridgehead atoms. The van der Waals surface area contributed by atoms with Crippen molar-refractivity contribution in [3.63, 3.8) is 0 Å². The maximum atomic E-state index is 12.2. The first-order valence-corrected chi connectivity index (χ1v) is 6.26. The number of hydrogen-bond acceptors (Lipinski definition) is 3. The van der Waals surface area contributed by atoms with Crippen LogP contribution >= 0.6 is 11.6 Å². The second-order valence-corrected chi connectivity index (χ2v) is 4.77. The SMILES string of the molecule is Cc1ccc(Cl)cc1C(=O)Nc1ccc(N)cc1C#N. The maximum Gasteiger partial charge on any atom is 0.256 e. The molecule has 0 radical (unpaired) electrons. The first-order valence-electron chi connectivity index (χ1n) is 5.88. The molecule has 2 aromatic carbocycles. The molecule has 0 spiro atoms. The number of nitrogens with zero attached hydrogens (tertiary/aromatic N) is 1. The summed E-state index contributed by atoms with van der Waals surface area (Å²) in [6, 6.07) is 11.8. The molecule has 0 atom stereocenters. The Labute approximate surface area is 121 Å². The predicted octanol–water partition coefficient (Wildman–Crippen LogP) is 3.35. The van der Waals surface area contributed by atoms with Gasteiger partial charge in [0.1, 0.15) is 6.07 Å². The van der Waals surface area contributed by atoms with Gasteiger partial charge in [-0.3, -0.25) is 4.79 Å². The smallest absolute Gasteiger partial charge is 0.256 e. The molecule has 3 N–H and O–H groups in total. The number of aryl methyl sites for hydroxylation is 1. The van der Waals surface area contributed by atoms with E-state index in [0.717, 1.165) is 5.56 Å². The number of rotatable bonds is 2. The third-order valence-electron chi connectivity index (χ3n) is 2.86. The van der Waals surface area contributed by atoms with Crippen LogP contribution in [-0.2, 0) is 0 Å². The Hall–Kier alpha value is -2.51. The minimum Gasteiger partial charge on any atom is -0.399 e. The van der Waals surface area contributed by atoms with Crippen LogP contribution in [0, 0.1) is 18.3 Å². The fraction of sp³-hybridized carbons (Fsp3) is 0.0667. The van der Waals surface area contributed by atoms with Gasteiger partial charge in [-0.05, 0) is 42.8 Å². The van der Waals surface area contributed by atoms with Crippen molar-refractivity contribution in [3.8, 4) is 6.07 Å². The van der Waals surface area contributed by atoms with E-state index in [1.807, 2.05) is 13.0 Å². The van der Waals surface area contributed by atoms with Gasteiger partial charge in [0.05, 0.1) is 11.3 Å². The predicted molar refractivity (Wildman–Crippen MR) is 79.7 cm³/mol. The van der Waals surface area contributed by atoms with Crippen molar-refractivity contribution in [1.82, 2.24) is 0 Å². The fourth-order valence-corrected chi connectivity index (χ4v) is 1.96. The number of benzene rings is 2. The molecule has 0 fully saturated rings. The molecule has 0 aliphatic rings. The van der Waals surface area contributed by atoms with E-state index in [-0.39, 0.29) is 5.91 Å². The summed E-state index contributed by atoms with van der Waals surface area (Å²) in [6.45, 7) is 1.82. The Morgan fingerprint density at radius 2 is 2.05 bits per heavy atom. The zero-order valence-electron chi connectivity index (χ0n) is 10.8. The summed E-state index contributed by atoms with van der Waals surface area (Å²) in [5.74, 6) is -0.314. The maximum absolute atomic E-state index is 12.2. The number of carbonyl (C=O) groups excluding carboxylic acids is 1. The van der Waals surface area contributed by atoms with Gasteiger partial charge in [0.2, 0.25) is 0 Å². The second kappa shape index (κ2) is 5.64. The van der Waals surface area contributed by atoms with Gasteiger partial charge in [-0.25, -0.2) is 0 Å². The molecular weight excluding hydrogens is 274 g/mol. The van der Waals surface area contributed by atoms with Gasteiger partial charge in [-0.15, -0.1) is 0 Å². The van der Waals surface area contributed by atoms with Crippen molar-refractivity contribution in [3.05, 3.63) is 58.1 Å². The van der Waals surface area contributed by atoms with Gasteiger partial charge in [0.25, 0.3) is 5.91 Å². The summed E-state index contributed by atoms with van der Waals surface area (Å²) >= 11 is 5.89. The zero-order chi connectivity index (χ0) is 14.7. The summed E-state index contributed by atoms with van der Waals surface area (Å²) in [4.78, 5) is 12.2. The number of nitrogens with two attached hydrogens (primary N) is 1. The van der Waals surface area contributed by atoms with Crippen LogP contribution in [0.3, 0.4) is 0 Å². The number of anilines is 2. The molecule has 0 unspecified atom stereocenters. The van der Waals surface area contributed by atoms with Gasteiger partial charge in [-0.1, -0.05) is 17.7 Å². The molecule has 0 aliphatic heterocycles. The summed E-state index contributed by atoms with van der Waals surface area (Å²) in [5.41, 5.74) is 8.10. The van der Waals surface area contributed by atoms with Crippen molar-refractivity contribution in [2.24, 2.45) is 0 Å². The molecule has 0 saturated heterocycles. The summed E-state index contributed by atoms with van der Waals surface area (Å²) < 4.78 is 0. The molecule has 5 heteroatoms. The van der Waals surface area contributed by atoms with Gasteiger partial charge >= 0.3 is 0 Å². The standard InChI is InChI=1S/C15H12ClN3O/c1-9-2-3-11(16)7-13(9)15(20)19-14-5-4-12(18)6-10(14)8-17/h2-7H,18H2,1H3,(H,19,20). The van der Waals surface area contributed by atoms with Crippen LogP contribution in [0.1, 0.15) is 21.5 Å².